The number of hydrogen-bond donors (Lipinski definition) is 2. The molecule has 1 aliphatic heterocycles. The second-order valence-electron chi connectivity index (χ2n) is 13.0. The van der Waals surface area contributed by atoms with E-state index in [0.717, 1.165) is 52.4 Å². The molecule has 1 saturated carbocycles. The van der Waals surface area contributed by atoms with Gasteiger partial charge in [0.2, 0.25) is 0 Å². The maximum atomic E-state index is 12.7. The summed E-state index contributed by atoms with van der Waals surface area (Å²) in [6.45, 7) is 27.1. The number of phenolic OH excluding ortho intramolecular Hbond substituents is 1. The Labute approximate surface area is 288 Å². The maximum Gasteiger partial charge on any atom is 0.160 e. The van der Waals surface area contributed by atoms with Gasteiger partial charge in [-0.15, -0.1) is 0 Å². The van der Waals surface area contributed by atoms with E-state index in [9.17, 15) is 9.90 Å². The Hall–Kier alpha value is -3.40. The van der Waals surface area contributed by atoms with Crippen molar-refractivity contribution in [3.63, 3.8) is 0 Å². The van der Waals surface area contributed by atoms with Crippen molar-refractivity contribution in [3.8, 4) is 5.75 Å². The number of allylic oxidation sites excluding steroid dienone is 9. The Morgan fingerprint density at radius 1 is 1.02 bits per heavy atom. The smallest absolute Gasteiger partial charge is 0.160 e. The number of aryl methyl sites for hydroxylation is 1. The number of rotatable bonds is 11. The Balaban J connectivity index is 0.000000774. The van der Waals surface area contributed by atoms with Crippen molar-refractivity contribution >= 4 is 17.2 Å². The molecule has 4 nitrogen and oxygen atoms in total. The van der Waals surface area contributed by atoms with Crippen LogP contribution in [0.1, 0.15) is 146 Å². The molecule has 2 N–H and O–H groups in total. The monoisotopic (exact) mass is 643 g/mol. The van der Waals surface area contributed by atoms with Gasteiger partial charge in [0.1, 0.15) is 11.6 Å². The highest BCUT2D eigenvalue weighted by atomic mass is 16.3. The van der Waals surface area contributed by atoms with E-state index in [4.69, 9.17) is 4.99 Å². The van der Waals surface area contributed by atoms with Crippen LogP contribution in [0.2, 0.25) is 0 Å². The molecule has 0 amide bonds. The van der Waals surface area contributed by atoms with Gasteiger partial charge < -0.3 is 10.4 Å². The van der Waals surface area contributed by atoms with E-state index in [2.05, 4.69) is 78.9 Å². The molecule has 1 heterocycles. The molecule has 1 aromatic carbocycles. The highest BCUT2D eigenvalue weighted by Crippen LogP contribution is 2.51. The standard InChI is InChI=1S/C31H40N2O2.C10H20.C2H6/c1-9-20(4)15-16-28(21(5)10-2)33-30-17-23(7)26(11-3)25(19-32-30)18-27(24(8)34)31-22(6)13-12-14-29(31)35;1-4-9-7-10(5-2,6-3)8-9;1-2/h9,12-16,18-19,35H,10-11,17H2,1-8H3,(H,32,33);9H,4-8H2,1-3H3;1-2H3/b16-15-,20-9-,27-18+,28-21+;;. The topological polar surface area (TPSA) is 61.7 Å². The first kappa shape index (κ1) is 41.6. The Morgan fingerprint density at radius 3 is 2.15 bits per heavy atom. The molecule has 47 heavy (non-hydrogen) atoms. The minimum absolute atomic E-state index is 0.0940. The first-order chi connectivity index (χ1) is 22.4. The van der Waals surface area contributed by atoms with Gasteiger partial charge in [-0.2, -0.15) is 0 Å². The minimum Gasteiger partial charge on any atom is -0.507 e. The number of amidine groups is 1. The molecule has 1 aromatic rings. The van der Waals surface area contributed by atoms with Gasteiger partial charge in [0, 0.05) is 29.5 Å². The van der Waals surface area contributed by atoms with Crippen molar-refractivity contribution in [1.29, 1.82) is 0 Å². The number of aliphatic imine (C=N–C) groups is 1. The van der Waals surface area contributed by atoms with Crippen molar-refractivity contribution < 1.29 is 9.90 Å². The highest BCUT2D eigenvalue weighted by molar-refractivity contribution is 6.21. The first-order valence-corrected chi connectivity index (χ1v) is 18.1. The molecule has 1 fully saturated rings. The fourth-order valence-electron chi connectivity index (χ4n) is 6.32. The molecule has 0 bridgehead atoms. The number of nitrogens with one attached hydrogen (secondary N) is 1. The van der Waals surface area contributed by atoms with E-state index >= 15 is 0 Å². The second-order valence-corrected chi connectivity index (χ2v) is 13.0. The van der Waals surface area contributed by atoms with Gasteiger partial charge in [0.05, 0.1) is 0 Å². The summed E-state index contributed by atoms with van der Waals surface area (Å²) in [6.07, 6.45) is 19.7. The normalized spacial score (nSPS) is 17.3. The Morgan fingerprint density at radius 2 is 1.66 bits per heavy atom. The van der Waals surface area contributed by atoms with Gasteiger partial charge in [0.15, 0.2) is 5.78 Å². The lowest BCUT2D eigenvalue weighted by Gasteiger charge is -2.47. The number of phenols is 1. The molecular weight excluding hydrogens is 576 g/mol. The predicted molar refractivity (Wildman–Crippen MR) is 207 cm³/mol. The summed E-state index contributed by atoms with van der Waals surface area (Å²) >= 11 is 0. The van der Waals surface area contributed by atoms with Crippen LogP contribution in [0.25, 0.3) is 5.57 Å². The van der Waals surface area contributed by atoms with Crippen molar-refractivity contribution in [2.45, 2.75) is 141 Å². The quantitative estimate of drug-likeness (QED) is 0.186. The number of Topliss-reactive ketones (excluding diaryl/α,β-unsaturated/α-hetero) is 1. The van der Waals surface area contributed by atoms with Crippen molar-refractivity contribution in [2.24, 2.45) is 16.3 Å². The van der Waals surface area contributed by atoms with E-state index in [-0.39, 0.29) is 11.5 Å². The van der Waals surface area contributed by atoms with Gasteiger partial charge in [-0.25, -0.2) is 4.99 Å². The van der Waals surface area contributed by atoms with Crippen LogP contribution in [0.3, 0.4) is 0 Å². The molecule has 0 aromatic heterocycles. The molecular formula is C43H66N2O2. The summed E-state index contributed by atoms with van der Waals surface area (Å²) in [5.74, 6) is 1.95. The summed E-state index contributed by atoms with van der Waals surface area (Å²) in [7, 11) is 0. The van der Waals surface area contributed by atoms with E-state index in [1.54, 1.807) is 12.1 Å². The fourth-order valence-corrected chi connectivity index (χ4v) is 6.32. The molecule has 0 saturated heterocycles. The van der Waals surface area contributed by atoms with Crippen LogP contribution in [-0.4, -0.2) is 16.7 Å². The molecule has 3 rings (SSSR count). The van der Waals surface area contributed by atoms with Crippen molar-refractivity contribution in [1.82, 2.24) is 5.32 Å². The van der Waals surface area contributed by atoms with Crippen LogP contribution in [0.5, 0.6) is 5.75 Å². The summed E-state index contributed by atoms with van der Waals surface area (Å²) in [4.78, 5) is 17.5. The number of hydrogen-bond acceptors (Lipinski definition) is 4. The average molecular weight is 643 g/mol. The van der Waals surface area contributed by atoms with Crippen LogP contribution >= 0.6 is 0 Å². The van der Waals surface area contributed by atoms with Crippen LogP contribution in [-0.2, 0) is 4.79 Å². The predicted octanol–water partition coefficient (Wildman–Crippen LogP) is 12.5. The van der Waals surface area contributed by atoms with Crippen LogP contribution in [0, 0.1) is 18.3 Å². The van der Waals surface area contributed by atoms with E-state index in [0.29, 0.717) is 17.6 Å². The molecule has 1 aliphatic carbocycles. The van der Waals surface area contributed by atoms with E-state index in [1.807, 2.05) is 46.0 Å². The van der Waals surface area contributed by atoms with Gasteiger partial charge in [-0.1, -0.05) is 109 Å². The lowest BCUT2D eigenvalue weighted by atomic mass is 9.58. The molecule has 2 aliphatic rings. The van der Waals surface area contributed by atoms with Crippen molar-refractivity contribution in [2.75, 3.05) is 0 Å². The minimum atomic E-state index is -0.0940. The van der Waals surface area contributed by atoms with Crippen LogP contribution < -0.4 is 5.32 Å². The molecule has 0 unspecified atom stereocenters. The highest BCUT2D eigenvalue weighted by Gasteiger charge is 2.39. The first-order valence-electron chi connectivity index (χ1n) is 18.1. The van der Waals surface area contributed by atoms with E-state index < -0.39 is 0 Å². The number of aromatic hydroxyl groups is 1. The third-order valence-corrected chi connectivity index (χ3v) is 9.97. The maximum absolute atomic E-state index is 12.7. The molecule has 0 atom stereocenters. The number of nitrogens with zero attached hydrogens (tertiary/aromatic N) is 1. The third-order valence-electron chi connectivity index (χ3n) is 9.97. The fraction of sp³-hybridized carbons (Fsp3) is 0.535. The van der Waals surface area contributed by atoms with E-state index in [1.165, 1.54) is 55.7 Å². The number of carbonyl (C=O) groups excluding carboxylic acids is 1. The Kier molecular flexibility index (Phi) is 18.4. The number of benzene rings is 1. The molecule has 4 heteroatoms. The third kappa shape index (κ3) is 12.0. The SMILES string of the molecule is CC.CCC1CC(CC)(CC)C1.C\C=C(C)/C=C\C(NC1=NC=C(/C=C(\C(C)=O)c2c(C)cccc2O)C(CC)=C(C)C1)=C(\C)CC. The average Bonchev–Trinajstić information content (AvgIpc) is 3.20. The van der Waals surface area contributed by atoms with Gasteiger partial charge in [-0.05, 0) is 113 Å². The van der Waals surface area contributed by atoms with Crippen molar-refractivity contribution in [3.05, 3.63) is 93.4 Å². The number of ketones is 1. The lowest BCUT2D eigenvalue weighted by molar-refractivity contribution is -0.111. The summed E-state index contributed by atoms with van der Waals surface area (Å²) in [5.41, 5.74) is 9.48. The number of carbonyl (C=O) groups is 1. The van der Waals surface area contributed by atoms with Crippen LogP contribution in [0.4, 0.5) is 0 Å². The Bertz CT molecular complexity index is 1380. The summed E-state index contributed by atoms with van der Waals surface area (Å²) < 4.78 is 0. The van der Waals surface area contributed by atoms with Gasteiger partial charge >= 0.3 is 0 Å². The molecule has 0 radical (unpaired) electrons. The van der Waals surface area contributed by atoms with Crippen LogP contribution in [0.15, 0.2) is 87.3 Å². The summed E-state index contributed by atoms with van der Waals surface area (Å²) in [5, 5.41) is 14.1. The lowest BCUT2D eigenvalue weighted by Crippen LogP contribution is -2.35. The van der Waals surface area contributed by atoms with Gasteiger partial charge in [-0.3, -0.25) is 4.79 Å². The zero-order valence-electron chi connectivity index (χ0n) is 32.2. The largest absolute Gasteiger partial charge is 0.507 e. The second kappa shape index (κ2) is 20.8. The zero-order valence-corrected chi connectivity index (χ0v) is 32.2. The molecule has 0 spiro atoms. The summed E-state index contributed by atoms with van der Waals surface area (Å²) in [6, 6.07) is 5.31. The molecule has 260 valence electrons. The van der Waals surface area contributed by atoms with Gasteiger partial charge in [0.25, 0.3) is 0 Å². The zero-order chi connectivity index (χ0) is 35.7.